The van der Waals surface area contributed by atoms with Gasteiger partial charge in [0.1, 0.15) is 5.41 Å². The van der Waals surface area contributed by atoms with Crippen LogP contribution in [0.25, 0.3) is 22.3 Å². The lowest BCUT2D eigenvalue weighted by Crippen LogP contribution is -2.32. The van der Waals surface area contributed by atoms with Crippen LogP contribution in [-0.2, 0) is 24.7 Å². The molecule has 4 nitrogen and oxygen atoms in total. The smallest absolute Gasteiger partial charge is 0.101 e. The summed E-state index contributed by atoms with van der Waals surface area (Å²) in [5.41, 5.74) is 15.9. The van der Waals surface area contributed by atoms with E-state index in [0.717, 1.165) is 30.7 Å². The predicted molar refractivity (Wildman–Crippen MR) is 194 cm³/mol. The fourth-order valence-electron chi connectivity index (χ4n) is 7.82. The molecule has 1 aliphatic heterocycles. The molecular formula is C44H36N4. The van der Waals surface area contributed by atoms with Gasteiger partial charge in [-0.3, -0.25) is 0 Å². The molecule has 4 N–H and O–H groups in total. The summed E-state index contributed by atoms with van der Waals surface area (Å²) in [7, 11) is 0. The second kappa shape index (κ2) is 11.7. The maximum Gasteiger partial charge on any atom is 0.101 e. The number of hydrogen-bond donors (Lipinski definition) is 4. The largest absolute Gasteiger partial charge is 0.362 e. The molecule has 5 heterocycles. The third-order valence-electron chi connectivity index (χ3n) is 9.88. The summed E-state index contributed by atoms with van der Waals surface area (Å²) in [5.74, 6) is 0. The van der Waals surface area contributed by atoms with E-state index in [2.05, 4.69) is 178 Å². The van der Waals surface area contributed by atoms with Gasteiger partial charge in [-0.2, -0.15) is 0 Å². The Hall–Kier alpha value is -6.00. The molecule has 0 saturated heterocycles. The molecule has 0 atom stereocenters. The summed E-state index contributed by atoms with van der Waals surface area (Å²) >= 11 is 0. The minimum Gasteiger partial charge on any atom is -0.362 e. The molecule has 4 heteroatoms. The molecule has 48 heavy (non-hydrogen) atoms. The molecular weight excluding hydrogens is 585 g/mol. The van der Waals surface area contributed by atoms with Crippen LogP contribution in [0.15, 0.2) is 158 Å². The highest BCUT2D eigenvalue weighted by Gasteiger charge is 2.44. The van der Waals surface area contributed by atoms with Crippen molar-refractivity contribution in [2.24, 2.45) is 0 Å². The van der Waals surface area contributed by atoms with Gasteiger partial charge in [-0.1, -0.05) is 121 Å². The van der Waals surface area contributed by atoms with E-state index in [-0.39, 0.29) is 0 Å². The number of benzene rings is 4. The minimum atomic E-state index is -0.688. The third-order valence-corrected chi connectivity index (χ3v) is 9.88. The maximum atomic E-state index is 4.17. The van der Waals surface area contributed by atoms with E-state index in [9.17, 15) is 0 Å². The second-order valence-corrected chi connectivity index (χ2v) is 12.9. The standard InChI is InChI=1S/C44H36N4/c1-5-13-30(14-6-1)41-39-29-38-24-23-35(46-38)27-34-21-22-36(45-34)28-37-25-26-40(47-37)44(32-17-9-3-10-18-32,33-19-11-4-12-20-33)43(48-39)42(41)31-15-7-2-8-16-31/h1-26,45-48H,27-29H2. The molecule has 232 valence electrons. The summed E-state index contributed by atoms with van der Waals surface area (Å²) in [4.78, 5) is 15.6. The average molecular weight is 621 g/mol. The van der Waals surface area contributed by atoms with Crippen molar-refractivity contribution in [3.63, 3.8) is 0 Å². The highest BCUT2D eigenvalue weighted by Crippen LogP contribution is 2.51. The number of aromatic nitrogens is 4. The Kier molecular flexibility index (Phi) is 6.86. The molecule has 0 radical (unpaired) electrons. The molecule has 4 aromatic heterocycles. The SMILES string of the molecule is c1ccc(-c2c3[nH]c(c2-c2ccccc2)C(c2ccccc2)(c2ccccc2)c2ccc([nH]2)Cc2ccc([nH]2)Cc2ccc([nH]2)C3)cc1. The number of H-pyrrole nitrogens is 4. The van der Waals surface area contributed by atoms with E-state index in [1.54, 1.807) is 0 Å². The van der Waals surface area contributed by atoms with Gasteiger partial charge in [-0.25, -0.2) is 0 Å². The third kappa shape index (κ3) is 4.76. The molecule has 0 fully saturated rings. The molecule has 8 bridgehead atoms. The van der Waals surface area contributed by atoms with Crippen LogP contribution in [0.3, 0.4) is 0 Å². The Morgan fingerprint density at radius 3 is 1.29 bits per heavy atom. The first-order valence-electron chi connectivity index (χ1n) is 16.7. The topological polar surface area (TPSA) is 63.2 Å². The molecule has 0 saturated carbocycles. The summed E-state index contributed by atoms with van der Waals surface area (Å²) in [6, 6.07) is 57.2. The van der Waals surface area contributed by atoms with Crippen LogP contribution in [0.4, 0.5) is 0 Å². The Balaban J connectivity index is 1.44. The summed E-state index contributed by atoms with van der Waals surface area (Å²) in [6.45, 7) is 0. The first kappa shape index (κ1) is 28.2. The molecule has 4 aromatic carbocycles. The van der Waals surface area contributed by atoms with Gasteiger partial charge < -0.3 is 19.9 Å². The normalized spacial score (nSPS) is 13.8. The average Bonchev–Trinajstić information content (AvgIpc) is 3.96. The van der Waals surface area contributed by atoms with Gasteiger partial charge in [0.25, 0.3) is 0 Å². The van der Waals surface area contributed by atoms with Crippen LogP contribution in [0.5, 0.6) is 0 Å². The fraction of sp³-hybridized carbons (Fsp3) is 0.0909. The van der Waals surface area contributed by atoms with Crippen molar-refractivity contribution in [2.75, 3.05) is 0 Å². The first-order valence-corrected chi connectivity index (χ1v) is 16.7. The molecule has 0 aliphatic carbocycles. The van der Waals surface area contributed by atoms with Crippen molar-refractivity contribution in [2.45, 2.75) is 24.7 Å². The van der Waals surface area contributed by atoms with Gasteiger partial charge in [-0.05, 0) is 58.7 Å². The van der Waals surface area contributed by atoms with Crippen LogP contribution in [0.2, 0.25) is 0 Å². The molecule has 9 rings (SSSR count). The number of rotatable bonds is 4. The highest BCUT2D eigenvalue weighted by molar-refractivity contribution is 5.90. The number of aromatic amines is 4. The van der Waals surface area contributed by atoms with Crippen molar-refractivity contribution in [1.29, 1.82) is 0 Å². The van der Waals surface area contributed by atoms with E-state index in [1.807, 2.05) is 0 Å². The summed E-state index contributed by atoms with van der Waals surface area (Å²) < 4.78 is 0. The van der Waals surface area contributed by atoms with E-state index >= 15 is 0 Å². The van der Waals surface area contributed by atoms with Crippen LogP contribution in [0.1, 0.15) is 56.7 Å². The zero-order valence-corrected chi connectivity index (χ0v) is 26.6. The van der Waals surface area contributed by atoms with Crippen LogP contribution in [-0.4, -0.2) is 19.9 Å². The quantitative estimate of drug-likeness (QED) is 0.151. The van der Waals surface area contributed by atoms with E-state index in [4.69, 9.17) is 0 Å². The number of nitrogens with one attached hydrogen (secondary N) is 4. The zero-order chi connectivity index (χ0) is 31.9. The van der Waals surface area contributed by atoms with Gasteiger partial charge in [0.2, 0.25) is 0 Å². The number of hydrogen-bond acceptors (Lipinski definition) is 0. The Labute approximate surface area is 280 Å². The Morgan fingerprint density at radius 1 is 0.354 bits per heavy atom. The lowest BCUT2D eigenvalue weighted by atomic mass is 9.67. The molecule has 0 unspecified atom stereocenters. The van der Waals surface area contributed by atoms with Crippen molar-refractivity contribution >= 4 is 0 Å². The summed E-state index contributed by atoms with van der Waals surface area (Å²) in [5, 5.41) is 0. The second-order valence-electron chi connectivity index (χ2n) is 12.9. The van der Waals surface area contributed by atoms with Crippen LogP contribution < -0.4 is 0 Å². The van der Waals surface area contributed by atoms with E-state index in [0.29, 0.717) is 0 Å². The Morgan fingerprint density at radius 2 is 0.771 bits per heavy atom. The van der Waals surface area contributed by atoms with Crippen LogP contribution >= 0.6 is 0 Å². The van der Waals surface area contributed by atoms with Crippen molar-refractivity contribution < 1.29 is 0 Å². The van der Waals surface area contributed by atoms with Crippen molar-refractivity contribution in [1.82, 2.24) is 19.9 Å². The first-order chi connectivity index (χ1) is 23.8. The fourth-order valence-corrected chi connectivity index (χ4v) is 7.82. The van der Waals surface area contributed by atoms with Crippen LogP contribution in [0, 0.1) is 0 Å². The van der Waals surface area contributed by atoms with E-state index < -0.39 is 5.41 Å². The van der Waals surface area contributed by atoms with Gasteiger partial charge in [0, 0.05) is 75.9 Å². The van der Waals surface area contributed by atoms with Gasteiger partial charge in [0.15, 0.2) is 0 Å². The Bertz CT molecular complexity index is 2260. The van der Waals surface area contributed by atoms with Gasteiger partial charge in [0.05, 0.1) is 0 Å². The lowest BCUT2D eigenvalue weighted by molar-refractivity contribution is 0.694. The molecule has 0 amide bonds. The predicted octanol–water partition coefficient (Wildman–Crippen LogP) is 9.80. The maximum absolute atomic E-state index is 4.17. The monoisotopic (exact) mass is 620 g/mol. The van der Waals surface area contributed by atoms with Gasteiger partial charge >= 0.3 is 0 Å². The zero-order valence-electron chi connectivity index (χ0n) is 26.6. The lowest BCUT2D eigenvalue weighted by Gasteiger charge is -2.35. The van der Waals surface area contributed by atoms with Gasteiger partial charge in [-0.15, -0.1) is 0 Å². The summed E-state index contributed by atoms with van der Waals surface area (Å²) in [6.07, 6.45) is 2.35. The van der Waals surface area contributed by atoms with Crippen molar-refractivity contribution in [3.8, 4) is 22.3 Å². The molecule has 0 spiro atoms. The number of fused-ring (bicyclic) bond motifs is 8. The highest BCUT2D eigenvalue weighted by atomic mass is 14.8. The minimum absolute atomic E-state index is 0.688. The molecule has 8 aromatic rings. The van der Waals surface area contributed by atoms with E-state index in [1.165, 1.54) is 67.5 Å². The molecule has 1 aliphatic rings. The van der Waals surface area contributed by atoms with Crippen molar-refractivity contribution in [3.05, 3.63) is 214 Å².